The lowest BCUT2D eigenvalue weighted by molar-refractivity contribution is -0.116. The maximum Gasteiger partial charge on any atom is 0.246 e. The van der Waals surface area contributed by atoms with Crippen LogP contribution in [0.2, 0.25) is 5.02 Å². The van der Waals surface area contributed by atoms with Gasteiger partial charge in [0.05, 0.1) is 10.7 Å². The zero-order valence-corrected chi connectivity index (χ0v) is 15.0. The number of anilines is 2. The molecular weight excluding hydrogens is 327 g/mol. The van der Waals surface area contributed by atoms with Crippen LogP contribution in [-0.2, 0) is 10.2 Å². The Morgan fingerprint density at radius 1 is 1.12 bits per heavy atom. The van der Waals surface area contributed by atoms with E-state index in [2.05, 4.69) is 31.4 Å². The average Bonchev–Trinajstić information content (AvgIpc) is 2.49. The van der Waals surface area contributed by atoms with E-state index in [1.54, 1.807) is 6.92 Å². The van der Waals surface area contributed by atoms with Gasteiger partial charge in [0, 0.05) is 5.69 Å². The summed E-state index contributed by atoms with van der Waals surface area (Å²) in [4.78, 5) is 12.3. The van der Waals surface area contributed by atoms with Crippen LogP contribution < -0.4 is 10.6 Å². The number of benzene rings is 2. The summed E-state index contributed by atoms with van der Waals surface area (Å²) in [5, 5.41) is 6.01. The van der Waals surface area contributed by atoms with E-state index in [0.29, 0.717) is 5.69 Å². The minimum atomic E-state index is -0.466. The summed E-state index contributed by atoms with van der Waals surface area (Å²) in [7, 11) is 0. The molecule has 0 aliphatic rings. The number of nitrogens with one attached hydrogen (secondary N) is 2. The molecule has 24 heavy (non-hydrogen) atoms. The van der Waals surface area contributed by atoms with Crippen molar-refractivity contribution in [2.45, 2.75) is 39.2 Å². The SMILES string of the molecule is C[C@@H](Nc1ccc(C(C)(C)C)cc1)C(=O)Nc1ccc(F)cc1Cl. The highest BCUT2D eigenvalue weighted by Crippen LogP contribution is 2.24. The van der Waals surface area contributed by atoms with Crippen LogP contribution in [0.5, 0.6) is 0 Å². The van der Waals surface area contributed by atoms with Crippen LogP contribution in [0.1, 0.15) is 33.3 Å². The smallest absolute Gasteiger partial charge is 0.246 e. The van der Waals surface area contributed by atoms with Crippen molar-refractivity contribution in [2.75, 3.05) is 10.6 Å². The molecule has 2 N–H and O–H groups in total. The summed E-state index contributed by atoms with van der Waals surface area (Å²) in [5.41, 5.74) is 2.56. The Bertz CT molecular complexity index is 723. The molecule has 0 saturated heterocycles. The molecule has 2 aromatic carbocycles. The van der Waals surface area contributed by atoms with E-state index in [1.165, 1.54) is 23.8 Å². The first-order valence-corrected chi connectivity index (χ1v) is 8.17. The lowest BCUT2D eigenvalue weighted by Gasteiger charge is -2.20. The molecule has 2 rings (SSSR count). The maximum atomic E-state index is 13.0. The predicted molar refractivity (Wildman–Crippen MR) is 98.3 cm³/mol. The van der Waals surface area contributed by atoms with Crippen LogP contribution in [-0.4, -0.2) is 11.9 Å². The summed E-state index contributed by atoms with van der Waals surface area (Å²) in [5.74, 6) is -0.688. The molecular formula is C19H22ClFN2O. The maximum absolute atomic E-state index is 13.0. The van der Waals surface area contributed by atoms with Gasteiger partial charge < -0.3 is 10.6 Å². The standard InChI is InChI=1S/C19H22ClFN2O/c1-12(18(24)23-17-10-7-14(21)11-16(17)20)22-15-8-5-13(6-9-15)19(2,3)4/h5-12,22H,1-4H3,(H,23,24)/t12-/m1/s1. The van der Waals surface area contributed by atoms with Crippen LogP contribution >= 0.6 is 11.6 Å². The molecule has 128 valence electrons. The summed E-state index contributed by atoms with van der Waals surface area (Å²) in [6.07, 6.45) is 0. The molecule has 0 bridgehead atoms. The van der Waals surface area contributed by atoms with Crippen molar-refractivity contribution in [1.82, 2.24) is 0 Å². The molecule has 0 heterocycles. The molecule has 0 aliphatic heterocycles. The normalized spacial score (nSPS) is 12.6. The number of halogens is 2. The van der Waals surface area contributed by atoms with Gasteiger partial charge in [-0.05, 0) is 48.2 Å². The highest BCUT2D eigenvalue weighted by molar-refractivity contribution is 6.33. The van der Waals surface area contributed by atoms with Crippen LogP contribution in [0.25, 0.3) is 0 Å². The molecule has 1 atom stereocenters. The van der Waals surface area contributed by atoms with Gasteiger partial charge in [-0.3, -0.25) is 4.79 Å². The second-order valence-corrected chi connectivity index (χ2v) is 7.21. The van der Waals surface area contributed by atoms with Crippen LogP contribution in [0.15, 0.2) is 42.5 Å². The lowest BCUT2D eigenvalue weighted by Crippen LogP contribution is -2.32. The average molecular weight is 349 g/mol. The zero-order valence-electron chi connectivity index (χ0n) is 14.3. The first-order chi connectivity index (χ1) is 11.2. The van der Waals surface area contributed by atoms with Crippen molar-refractivity contribution in [3.8, 4) is 0 Å². The quantitative estimate of drug-likeness (QED) is 0.795. The van der Waals surface area contributed by atoms with E-state index in [1.807, 2.05) is 24.3 Å². The number of amides is 1. The Hall–Kier alpha value is -2.07. The molecule has 0 fully saturated rings. The van der Waals surface area contributed by atoms with Crippen molar-refractivity contribution in [2.24, 2.45) is 0 Å². The fraction of sp³-hybridized carbons (Fsp3) is 0.316. The second-order valence-electron chi connectivity index (χ2n) is 6.81. The van der Waals surface area contributed by atoms with E-state index in [9.17, 15) is 9.18 Å². The molecule has 0 aromatic heterocycles. The Morgan fingerprint density at radius 3 is 2.29 bits per heavy atom. The molecule has 3 nitrogen and oxygen atoms in total. The first kappa shape index (κ1) is 18.3. The summed E-state index contributed by atoms with van der Waals surface area (Å²) in [6, 6.07) is 11.4. The number of hydrogen-bond donors (Lipinski definition) is 2. The van der Waals surface area contributed by atoms with E-state index in [-0.39, 0.29) is 16.3 Å². The topological polar surface area (TPSA) is 41.1 Å². The van der Waals surface area contributed by atoms with Gasteiger partial charge in [0.25, 0.3) is 0 Å². The highest BCUT2D eigenvalue weighted by Gasteiger charge is 2.16. The third kappa shape index (κ3) is 4.71. The molecule has 0 spiro atoms. The van der Waals surface area contributed by atoms with Crippen molar-refractivity contribution in [1.29, 1.82) is 0 Å². The minimum Gasteiger partial charge on any atom is -0.374 e. The summed E-state index contributed by atoms with van der Waals surface area (Å²) >= 11 is 5.92. The second kappa shape index (κ2) is 7.22. The van der Waals surface area contributed by atoms with Gasteiger partial charge in [0.1, 0.15) is 11.9 Å². The van der Waals surface area contributed by atoms with E-state index >= 15 is 0 Å². The van der Waals surface area contributed by atoms with Gasteiger partial charge in [0.15, 0.2) is 0 Å². The van der Waals surface area contributed by atoms with Crippen molar-refractivity contribution < 1.29 is 9.18 Å². The fourth-order valence-corrected chi connectivity index (χ4v) is 2.43. The van der Waals surface area contributed by atoms with E-state index in [4.69, 9.17) is 11.6 Å². The molecule has 0 aliphatic carbocycles. The molecule has 0 radical (unpaired) electrons. The van der Waals surface area contributed by atoms with Gasteiger partial charge in [-0.15, -0.1) is 0 Å². The Kier molecular flexibility index (Phi) is 5.50. The van der Waals surface area contributed by atoms with Crippen LogP contribution in [0.3, 0.4) is 0 Å². The minimum absolute atomic E-state index is 0.0842. The van der Waals surface area contributed by atoms with Gasteiger partial charge in [0.2, 0.25) is 5.91 Å². The number of rotatable bonds is 4. The third-order valence-corrected chi connectivity index (χ3v) is 4.03. The van der Waals surface area contributed by atoms with Crippen molar-refractivity contribution >= 4 is 28.9 Å². The third-order valence-electron chi connectivity index (χ3n) is 3.72. The number of carbonyl (C=O) groups is 1. The van der Waals surface area contributed by atoms with Crippen molar-refractivity contribution in [3.63, 3.8) is 0 Å². The first-order valence-electron chi connectivity index (χ1n) is 7.80. The molecule has 0 unspecified atom stereocenters. The molecule has 5 heteroatoms. The van der Waals surface area contributed by atoms with Gasteiger partial charge in [-0.1, -0.05) is 44.5 Å². The lowest BCUT2D eigenvalue weighted by atomic mass is 9.87. The molecule has 0 saturated carbocycles. The van der Waals surface area contributed by atoms with Crippen molar-refractivity contribution in [3.05, 3.63) is 58.9 Å². The Balaban J connectivity index is 2.01. The molecule has 2 aromatic rings. The predicted octanol–water partition coefficient (Wildman–Crippen LogP) is 5.22. The van der Waals surface area contributed by atoms with Gasteiger partial charge in [-0.25, -0.2) is 4.39 Å². The largest absolute Gasteiger partial charge is 0.374 e. The van der Waals surface area contributed by atoms with Gasteiger partial charge >= 0.3 is 0 Å². The van der Waals surface area contributed by atoms with Crippen LogP contribution in [0, 0.1) is 5.82 Å². The van der Waals surface area contributed by atoms with E-state index < -0.39 is 11.9 Å². The monoisotopic (exact) mass is 348 g/mol. The number of hydrogen-bond acceptors (Lipinski definition) is 2. The highest BCUT2D eigenvalue weighted by atomic mass is 35.5. The van der Waals surface area contributed by atoms with E-state index in [0.717, 1.165) is 5.69 Å². The Morgan fingerprint density at radius 2 is 1.75 bits per heavy atom. The fourth-order valence-electron chi connectivity index (χ4n) is 2.21. The van der Waals surface area contributed by atoms with Crippen LogP contribution in [0.4, 0.5) is 15.8 Å². The summed E-state index contributed by atoms with van der Waals surface area (Å²) < 4.78 is 13.0. The van der Waals surface area contributed by atoms with Gasteiger partial charge in [-0.2, -0.15) is 0 Å². The zero-order chi connectivity index (χ0) is 17.9. The molecule has 1 amide bonds. The summed E-state index contributed by atoms with van der Waals surface area (Å²) in [6.45, 7) is 8.21. The Labute approximate surface area is 147 Å². The number of carbonyl (C=O) groups excluding carboxylic acids is 1.